The largest absolute Gasteiger partial charge is 0.497 e. The van der Waals surface area contributed by atoms with E-state index in [1.165, 1.54) is 25.3 Å². The van der Waals surface area contributed by atoms with Gasteiger partial charge in [0.25, 0.3) is 15.9 Å². The van der Waals surface area contributed by atoms with Crippen LogP contribution in [0.3, 0.4) is 0 Å². The first kappa shape index (κ1) is 25.9. The van der Waals surface area contributed by atoms with Gasteiger partial charge in [-0.3, -0.25) is 9.52 Å². The van der Waals surface area contributed by atoms with Crippen LogP contribution in [0.15, 0.2) is 102 Å². The molecule has 0 aliphatic rings. The van der Waals surface area contributed by atoms with Crippen molar-refractivity contribution in [2.24, 2.45) is 0 Å². The number of methoxy groups -OCH3 is 1. The molecule has 0 aliphatic heterocycles. The van der Waals surface area contributed by atoms with Crippen LogP contribution in [0.2, 0.25) is 5.02 Å². The Morgan fingerprint density at radius 2 is 1.54 bits per heavy atom. The average molecular weight is 539 g/mol. The third-order valence-electron chi connectivity index (χ3n) is 5.05. The van der Waals surface area contributed by atoms with E-state index in [4.69, 9.17) is 25.8 Å². The van der Waals surface area contributed by atoms with Gasteiger partial charge < -0.3 is 19.5 Å². The lowest BCUT2D eigenvalue weighted by Crippen LogP contribution is -2.20. The molecule has 0 heterocycles. The summed E-state index contributed by atoms with van der Waals surface area (Å²) in [5.41, 5.74) is 0.836. The fraction of sp³-hybridized carbons (Fsp3) is 0.0741. The maximum Gasteiger partial charge on any atom is 0.262 e. The van der Waals surface area contributed by atoms with Crippen LogP contribution in [0.5, 0.6) is 23.0 Å². The standard InChI is InChI=1S/C27H23ClN2O6S/c1-34-20-13-11-19(12-14-20)30-37(32,33)22-15-16-25(23(28)17-22)35-18-27(31)29-24-9-5-6-10-26(24)36-21-7-3-2-4-8-21/h2-17,30H,18H2,1H3,(H,29,31). The molecule has 0 saturated carbocycles. The molecule has 0 fully saturated rings. The minimum atomic E-state index is -3.90. The van der Waals surface area contributed by atoms with Gasteiger partial charge in [-0.15, -0.1) is 0 Å². The zero-order valence-electron chi connectivity index (χ0n) is 19.7. The van der Waals surface area contributed by atoms with Crippen molar-refractivity contribution in [1.29, 1.82) is 0 Å². The Bertz CT molecular complexity index is 1480. The van der Waals surface area contributed by atoms with E-state index in [0.29, 0.717) is 28.6 Å². The molecule has 8 nitrogen and oxygen atoms in total. The van der Waals surface area contributed by atoms with Crippen LogP contribution in [-0.4, -0.2) is 28.0 Å². The quantitative estimate of drug-likeness (QED) is 0.258. The summed E-state index contributed by atoms with van der Waals surface area (Å²) in [6.07, 6.45) is 0. The van der Waals surface area contributed by atoms with E-state index in [2.05, 4.69) is 10.0 Å². The molecule has 37 heavy (non-hydrogen) atoms. The minimum Gasteiger partial charge on any atom is -0.497 e. The summed E-state index contributed by atoms with van der Waals surface area (Å²) in [7, 11) is -2.38. The summed E-state index contributed by atoms with van der Waals surface area (Å²) in [6.45, 7) is -0.352. The zero-order valence-corrected chi connectivity index (χ0v) is 21.3. The Morgan fingerprint density at radius 3 is 2.24 bits per heavy atom. The number of anilines is 2. The SMILES string of the molecule is COc1ccc(NS(=O)(=O)c2ccc(OCC(=O)Nc3ccccc3Oc3ccccc3)c(Cl)c2)cc1. The molecule has 0 bridgehead atoms. The van der Waals surface area contributed by atoms with Crippen molar-refractivity contribution in [2.75, 3.05) is 23.8 Å². The summed E-state index contributed by atoms with van der Waals surface area (Å²) in [5, 5.41) is 2.78. The summed E-state index contributed by atoms with van der Waals surface area (Å²) in [5.74, 6) is 1.42. The number of hydrogen-bond donors (Lipinski definition) is 2. The number of hydrogen-bond acceptors (Lipinski definition) is 6. The van der Waals surface area contributed by atoms with E-state index in [9.17, 15) is 13.2 Å². The summed E-state index contributed by atoms with van der Waals surface area (Å²) in [4.78, 5) is 12.5. The predicted octanol–water partition coefficient (Wildman–Crippen LogP) is 5.96. The van der Waals surface area contributed by atoms with Crippen molar-refractivity contribution in [2.45, 2.75) is 4.90 Å². The van der Waals surface area contributed by atoms with Crippen molar-refractivity contribution >= 4 is 38.9 Å². The fourth-order valence-electron chi connectivity index (χ4n) is 3.24. The Kier molecular flexibility index (Phi) is 8.17. The van der Waals surface area contributed by atoms with Crippen molar-refractivity contribution in [3.05, 3.63) is 102 Å². The number of benzene rings is 4. The van der Waals surface area contributed by atoms with Crippen molar-refractivity contribution in [1.82, 2.24) is 0 Å². The van der Waals surface area contributed by atoms with Crippen molar-refractivity contribution in [3.63, 3.8) is 0 Å². The van der Waals surface area contributed by atoms with Crippen molar-refractivity contribution < 1.29 is 27.4 Å². The number of amides is 1. The van der Waals surface area contributed by atoms with Gasteiger partial charge in [0, 0.05) is 5.69 Å². The maximum absolute atomic E-state index is 12.7. The molecular weight excluding hydrogens is 516 g/mol. The van der Waals surface area contributed by atoms with Gasteiger partial charge in [-0.05, 0) is 66.7 Å². The van der Waals surface area contributed by atoms with E-state index in [0.717, 1.165) is 0 Å². The molecule has 4 aromatic rings. The van der Waals surface area contributed by atoms with Crippen LogP contribution >= 0.6 is 11.6 Å². The number of carbonyl (C=O) groups is 1. The highest BCUT2D eigenvalue weighted by Gasteiger charge is 2.17. The lowest BCUT2D eigenvalue weighted by molar-refractivity contribution is -0.118. The van der Waals surface area contributed by atoms with Crippen LogP contribution < -0.4 is 24.2 Å². The van der Waals surface area contributed by atoms with Crippen LogP contribution in [0, 0.1) is 0 Å². The van der Waals surface area contributed by atoms with E-state index >= 15 is 0 Å². The van der Waals surface area contributed by atoms with Crippen LogP contribution in [0.25, 0.3) is 0 Å². The first-order chi connectivity index (χ1) is 17.8. The lowest BCUT2D eigenvalue weighted by atomic mass is 10.3. The number of carbonyl (C=O) groups excluding carboxylic acids is 1. The molecule has 4 aromatic carbocycles. The molecule has 190 valence electrons. The maximum atomic E-state index is 12.7. The third-order valence-corrected chi connectivity index (χ3v) is 6.72. The monoisotopic (exact) mass is 538 g/mol. The van der Waals surface area contributed by atoms with Crippen LogP contribution in [0.4, 0.5) is 11.4 Å². The van der Waals surface area contributed by atoms with Gasteiger partial charge in [-0.1, -0.05) is 41.9 Å². The van der Waals surface area contributed by atoms with Gasteiger partial charge in [0.15, 0.2) is 12.4 Å². The molecule has 0 radical (unpaired) electrons. The van der Waals surface area contributed by atoms with Gasteiger partial charge in [0.2, 0.25) is 0 Å². The van der Waals surface area contributed by atoms with Crippen LogP contribution in [0.1, 0.15) is 0 Å². The third kappa shape index (κ3) is 6.93. The molecular formula is C27H23ClN2O6S. The number of rotatable bonds is 10. The Balaban J connectivity index is 1.38. The second kappa shape index (κ2) is 11.7. The Labute approximate surface area is 219 Å². The molecule has 0 aliphatic carbocycles. The highest BCUT2D eigenvalue weighted by Crippen LogP contribution is 2.30. The summed E-state index contributed by atoms with van der Waals surface area (Å²) >= 11 is 6.25. The smallest absolute Gasteiger partial charge is 0.262 e. The molecule has 1 amide bonds. The highest BCUT2D eigenvalue weighted by molar-refractivity contribution is 7.92. The van der Waals surface area contributed by atoms with E-state index in [-0.39, 0.29) is 22.3 Å². The number of para-hydroxylation sites is 3. The van der Waals surface area contributed by atoms with Gasteiger partial charge in [0.05, 0.1) is 22.7 Å². The average Bonchev–Trinajstić information content (AvgIpc) is 2.90. The molecule has 0 atom stereocenters. The first-order valence-electron chi connectivity index (χ1n) is 11.0. The molecule has 4 rings (SSSR count). The topological polar surface area (TPSA) is 103 Å². The number of ether oxygens (including phenoxy) is 3. The van der Waals surface area contributed by atoms with Crippen LogP contribution in [-0.2, 0) is 14.8 Å². The summed E-state index contributed by atoms with van der Waals surface area (Å²) in [6, 6.07) is 26.6. The lowest BCUT2D eigenvalue weighted by Gasteiger charge is -2.13. The number of sulfonamides is 1. The van der Waals surface area contributed by atoms with Crippen molar-refractivity contribution in [3.8, 4) is 23.0 Å². The Morgan fingerprint density at radius 1 is 0.838 bits per heavy atom. The molecule has 10 heteroatoms. The van der Waals surface area contributed by atoms with E-state index < -0.39 is 15.9 Å². The van der Waals surface area contributed by atoms with Gasteiger partial charge in [-0.2, -0.15) is 0 Å². The van der Waals surface area contributed by atoms with Gasteiger partial charge in [0.1, 0.15) is 17.2 Å². The number of nitrogens with one attached hydrogen (secondary N) is 2. The summed E-state index contributed by atoms with van der Waals surface area (Å²) < 4.78 is 44.4. The van der Waals surface area contributed by atoms with Gasteiger partial charge >= 0.3 is 0 Å². The molecule has 0 spiro atoms. The molecule has 0 aromatic heterocycles. The molecule has 0 unspecified atom stereocenters. The number of halogens is 1. The minimum absolute atomic E-state index is 0.0400. The second-order valence-electron chi connectivity index (χ2n) is 7.67. The molecule has 0 saturated heterocycles. The van der Waals surface area contributed by atoms with E-state index in [1.54, 1.807) is 60.7 Å². The normalized spacial score (nSPS) is 10.9. The highest BCUT2D eigenvalue weighted by atomic mass is 35.5. The predicted molar refractivity (Wildman–Crippen MR) is 142 cm³/mol. The second-order valence-corrected chi connectivity index (χ2v) is 9.76. The first-order valence-corrected chi connectivity index (χ1v) is 12.9. The van der Waals surface area contributed by atoms with E-state index in [1.807, 2.05) is 18.2 Å². The zero-order chi connectivity index (χ0) is 26.3. The van der Waals surface area contributed by atoms with Gasteiger partial charge in [-0.25, -0.2) is 8.42 Å². The Hall–Kier alpha value is -4.21. The fourth-order valence-corrected chi connectivity index (χ4v) is 4.63. The molecule has 2 N–H and O–H groups in total.